The molecule has 0 heterocycles. The molecule has 3 atom stereocenters. The van der Waals surface area contributed by atoms with Crippen molar-refractivity contribution in [3.8, 4) is 0 Å². The molecule has 0 aromatic carbocycles. The van der Waals surface area contributed by atoms with E-state index in [9.17, 15) is 19.0 Å². The van der Waals surface area contributed by atoms with E-state index in [1.807, 2.05) is 33.3 Å². The van der Waals surface area contributed by atoms with Gasteiger partial charge in [0.25, 0.3) is 7.82 Å². The smallest absolute Gasteiger partial charge is 0.306 e. The molecule has 0 aliphatic heterocycles. The number of amides is 1. The molecule has 0 aromatic heterocycles. The van der Waals surface area contributed by atoms with E-state index in [-0.39, 0.29) is 31.3 Å². The van der Waals surface area contributed by atoms with Gasteiger partial charge in [0.1, 0.15) is 19.3 Å². The molecule has 0 bridgehead atoms. The lowest BCUT2D eigenvalue weighted by Crippen LogP contribution is -2.47. The number of rotatable bonds is 60. The molecular weight excluding hydrogens is 1070 g/mol. The number of unbranched alkanes of at least 4 members (excludes halogenated alkanes) is 22. The first-order chi connectivity index (χ1) is 41.4. The summed E-state index contributed by atoms with van der Waals surface area (Å²) in [4.78, 5) is 40.2. The van der Waals surface area contributed by atoms with Gasteiger partial charge in [-0.05, 0) is 128 Å². The summed E-state index contributed by atoms with van der Waals surface area (Å²) >= 11 is 0. The summed E-state index contributed by atoms with van der Waals surface area (Å²) in [5.74, 6) is -0.591. The fourth-order valence-corrected chi connectivity index (χ4v) is 9.80. The van der Waals surface area contributed by atoms with Crippen molar-refractivity contribution in [2.45, 2.75) is 277 Å². The second kappa shape index (κ2) is 62.9. The summed E-state index contributed by atoms with van der Waals surface area (Å²) in [5, 5.41) is 3.02. The van der Waals surface area contributed by atoms with Crippen molar-refractivity contribution in [1.82, 2.24) is 5.32 Å². The van der Waals surface area contributed by atoms with Crippen molar-refractivity contribution in [2.75, 3.05) is 40.9 Å². The van der Waals surface area contributed by atoms with Gasteiger partial charge in [-0.3, -0.25) is 14.2 Å². The number of ether oxygens (including phenoxy) is 1. The van der Waals surface area contributed by atoms with Gasteiger partial charge < -0.3 is 28.5 Å². The van der Waals surface area contributed by atoms with Gasteiger partial charge >= 0.3 is 5.97 Å². The number of quaternary nitrogens is 1. The average Bonchev–Trinajstić information content (AvgIpc) is 3.52. The fraction of sp³-hybridized carbons (Fsp3) is 0.653. The standard InChI is InChI=1S/C75H127N2O7P/c1-7-10-13-16-19-22-25-28-30-32-34-36-38-40-42-44-46-49-52-55-58-61-64-67-74(78)76-72(71-83-85(80,81)82-70-69-77(4,5)6)73(66-63-60-57-54-51-48-27-24-21-18-15-12-9-3)84-75(79)68-65-62-59-56-53-50-47-45-43-41-39-37-35-33-31-29-26-23-20-17-14-11-8-2/h10-11,13-14,19-20,22-23,28-31,34-37,40-43,47,50,63,66,72-73H,7-9,12,15-18,21,24-27,32-33,38-39,44-46,48-49,51-62,64-65,67-71H2,1-6H3,(H-,76,78,80,81)/b13-10-,14-11-,22-19-,23-20-,30-28-,31-29-,36-34-,37-35-,42-40-,43-41-,50-47-,66-63+. The number of nitrogens with zero attached hydrogens (tertiary/aromatic N) is 1. The lowest BCUT2D eigenvalue weighted by atomic mass is 10.0. The number of hydrogen-bond donors (Lipinski definition) is 1. The summed E-state index contributed by atoms with van der Waals surface area (Å²) in [5.41, 5.74) is 0. The number of hydrogen-bond acceptors (Lipinski definition) is 7. The van der Waals surface area contributed by atoms with Crippen LogP contribution in [0.1, 0.15) is 265 Å². The van der Waals surface area contributed by atoms with Gasteiger partial charge in [0.05, 0.1) is 33.8 Å². The Hall–Kier alpha value is -4.11. The molecule has 0 aromatic rings. The maximum atomic E-state index is 13.6. The highest BCUT2D eigenvalue weighted by Gasteiger charge is 2.27. The zero-order valence-corrected chi connectivity index (χ0v) is 56.1. The predicted octanol–water partition coefficient (Wildman–Crippen LogP) is 21.1. The molecule has 1 amide bonds. The topological polar surface area (TPSA) is 114 Å². The lowest BCUT2D eigenvalue weighted by Gasteiger charge is -2.30. The molecule has 0 rings (SSSR count). The Morgan fingerprint density at radius 1 is 0.424 bits per heavy atom. The van der Waals surface area contributed by atoms with Crippen molar-refractivity contribution >= 4 is 19.7 Å². The monoisotopic (exact) mass is 1200 g/mol. The Morgan fingerprint density at radius 2 is 0.753 bits per heavy atom. The first-order valence-electron chi connectivity index (χ1n) is 34.1. The number of carbonyl (C=O) groups is 2. The largest absolute Gasteiger partial charge is 0.756 e. The Labute approximate surface area is 523 Å². The lowest BCUT2D eigenvalue weighted by molar-refractivity contribution is -0.870. The third-order valence-electron chi connectivity index (χ3n) is 14.3. The van der Waals surface area contributed by atoms with Crippen LogP contribution in [-0.4, -0.2) is 69.4 Å². The van der Waals surface area contributed by atoms with E-state index in [0.29, 0.717) is 23.9 Å². The molecule has 0 saturated heterocycles. The highest BCUT2D eigenvalue weighted by atomic mass is 31.2. The summed E-state index contributed by atoms with van der Waals surface area (Å²) in [6.07, 6.45) is 91.0. The maximum absolute atomic E-state index is 13.6. The number of allylic oxidation sites excluding steroid dienone is 23. The van der Waals surface area contributed by atoms with E-state index in [2.05, 4.69) is 160 Å². The summed E-state index contributed by atoms with van der Waals surface area (Å²) < 4.78 is 30.4. The van der Waals surface area contributed by atoms with Crippen LogP contribution in [0.2, 0.25) is 0 Å². The van der Waals surface area contributed by atoms with Crippen LogP contribution in [0.4, 0.5) is 0 Å². The van der Waals surface area contributed by atoms with Gasteiger partial charge in [0.2, 0.25) is 5.91 Å². The first-order valence-corrected chi connectivity index (χ1v) is 35.6. The normalized spacial score (nSPS) is 14.5. The van der Waals surface area contributed by atoms with Crippen LogP contribution in [0.3, 0.4) is 0 Å². The summed E-state index contributed by atoms with van der Waals surface area (Å²) in [7, 11) is 1.14. The number of esters is 1. The number of carbonyl (C=O) groups excluding carboxylic acids is 2. The Morgan fingerprint density at radius 3 is 1.13 bits per heavy atom. The van der Waals surface area contributed by atoms with Crippen molar-refractivity contribution in [1.29, 1.82) is 0 Å². The molecular formula is C75H127N2O7P. The zero-order chi connectivity index (χ0) is 62.1. The predicted molar refractivity (Wildman–Crippen MR) is 366 cm³/mol. The van der Waals surface area contributed by atoms with E-state index in [4.69, 9.17) is 13.8 Å². The number of nitrogens with one attached hydrogen (secondary N) is 1. The van der Waals surface area contributed by atoms with Gasteiger partial charge in [-0.15, -0.1) is 0 Å². The highest BCUT2D eigenvalue weighted by molar-refractivity contribution is 7.45. The van der Waals surface area contributed by atoms with Crippen molar-refractivity contribution in [3.05, 3.63) is 146 Å². The molecule has 85 heavy (non-hydrogen) atoms. The number of phosphoric ester groups is 1. The molecule has 0 aliphatic rings. The van der Waals surface area contributed by atoms with Crippen LogP contribution in [0.15, 0.2) is 146 Å². The van der Waals surface area contributed by atoms with Crippen LogP contribution < -0.4 is 10.2 Å². The molecule has 0 fully saturated rings. The van der Waals surface area contributed by atoms with Crippen molar-refractivity contribution < 1.29 is 37.3 Å². The molecule has 1 N–H and O–H groups in total. The van der Waals surface area contributed by atoms with E-state index in [1.165, 1.54) is 77.0 Å². The molecule has 0 saturated carbocycles. The molecule has 0 spiro atoms. The van der Waals surface area contributed by atoms with Gasteiger partial charge in [0.15, 0.2) is 0 Å². The van der Waals surface area contributed by atoms with Crippen LogP contribution in [0.25, 0.3) is 0 Å². The fourth-order valence-electron chi connectivity index (χ4n) is 9.08. The van der Waals surface area contributed by atoms with Crippen molar-refractivity contribution in [3.63, 3.8) is 0 Å². The second-order valence-corrected chi connectivity index (χ2v) is 25.0. The minimum atomic E-state index is -4.73. The van der Waals surface area contributed by atoms with E-state index in [1.54, 1.807) is 0 Å². The average molecular weight is 1200 g/mol. The number of phosphoric acid groups is 1. The zero-order valence-electron chi connectivity index (χ0n) is 55.3. The van der Waals surface area contributed by atoms with Crippen LogP contribution >= 0.6 is 7.82 Å². The molecule has 0 aliphatic carbocycles. The maximum Gasteiger partial charge on any atom is 0.306 e. The van der Waals surface area contributed by atoms with Gasteiger partial charge in [-0.1, -0.05) is 270 Å². The molecule has 3 unspecified atom stereocenters. The van der Waals surface area contributed by atoms with E-state index in [0.717, 1.165) is 141 Å². The summed E-state index contributed by atoms with van der Waals surface area (Å²) in [6.45, 7) is 6.58. The minimum absolute atomic E-state index is 0.0374. The van der Waals surface area contributed by atoms with Crippen LogP contribution in [0, 0.1) is 0 Å². The van der Waals surface area contributed by atoms with Crippen molar-refractivity contribution in [2.24, 2.45) is 0 Å². The van der Waals surface area contributed by atoms with Gasteiger partial charge in [0, 0.05) is 12.8 Å². The highest BCUT2D eigenvalue weighted by Crippen LogP contribution is 2.38. The van der Waals surface area contributed by atoms with Crippen LogP contribution in [0.5, 0.6) is 0 Å². The molecule has 484 valence electrons. The first kappa shape index (κ1) is 80.9. The van der Waals surface area contributed by atoms with Crippen LogP contribution in [-0.2, 0) is 27.9 Å². The summed E-state index contributed by atoms with van der Waals surface area (Å²) in [6, 6.07) is -0.918. The SMILES string of the molecule is CC/C=C\C/C=C\C/C=C\C/C=C\C/C=C\C/C=C\CCCCCCC(=O)OC(/C=C/CCCCCCCCCCCCC)C(COP(=O)([O-])OCC[N+](C)(C)C)NC(=O)CCCCCCCCC/C=C\C/C=C\C/C=C\C/C=C\C/C=C\CC. The Balaban J connectivity index is 5.27. The van der Waals surface area contributed by atoms with E-state index < -0.39 is 26.6 Å². The molecule has 9 nitrogen and oxygen atoms in total. The molecule has 10 heteroatoms. The van der Waals surface area contributed by atoms with Gasteiger partial charge in [-0.2, -0.15) is 0 Å². The third-order valence-corrected chi connectivity index (χ3v) is 15.2. The minimum Gasteiger partial charge on any atom is -0.756 e. The Kier molecular flexibility index (Phi) is 59.9. The molecule has 0 radical (unpaired) electrons. The van der Waals surface area contributed by atoms with Gasteiger partial charge in [-0.25, -0.2) is 0 Å². The Bertz CT molecular complexity index is 1960. The number of likely N-dealkylation sites (N-methyl/N-ethyl adjacent to an activating group) is 1. The second-order valence-electron chi connectivity index (χ2n) is 23.6. The quantitative estimate of drug-likeness (QED) is 0.0212. The third kappa shape index (κ3) is 64.2. The van der Waals surface area contributed by atoms with E-state index >= 15 is 0 Å².